The second kappa shape index (κ2) is 4.43. The van der Waals surface area contributed by atoms with Gasteiger partial charge in [0.25, 0.3) is 0 Å². The zero-order chi connectivity index (χ0) is 10.7. The Morgan fingerprint density at radius 2 is 1.93 bits per heavy atom. The van der Waals surface area contributed by atoms with Crippen molar-refractivity contribution in [2.75, 3.05) is 0 Å². The van der Waals surface area contributed by atoms with Gasteiger partial charge in [0.2, 0.25) is 0 Å². The van der Waals surface area contributed by atoms with Crippen molar-refractivity contribution >= 4 is 11.6 Å². The van der Waals surface area contributed by atoms with E-state index in [1.54, 1.807) is 18.5 Å². The monoisotopic (exact) mass is 219 g/mol. The standard InChI is InChI=1S/C12H10ClNO/c13-12-4-2-1-3-10(12)11-7-14-6-5-9(11)8-15/h1-7,15H,8H2. The van der Waals surface area contributed by atoms with Crippen molar-refractivity contribution in [3.63, 3.8) is 0 Å². The Morgan fingerprint density at radius 1 is 1.13 bits per heavy atom. The number of nitrogens with zero attached hydrogens (tertiary/aromatic N) is 1. The molecule has 1 aromatic heterocycles. The van der Waals surface area contributed by atoms with Crippen LogP contribution in [0.1, 0.15) is 5.56 Å². The van der Waals surface area contributed by atoms with Crippen LogP contribution in [0.2, 0.25) is 5.02 Å². The number of aliphatic hydroxyl groups is 1. The van der Waals surface area contributed by atoms with E-state index in [4.69, 9.17) is 11.6 Å². The molecule has 15 heavy (non-hydrogen) atoms. The summed E-state index contributed by atoms with van der Waals surface area (Å²) >= 11 is 6.08. The van der Waals surface area contributed by atoms with Crippen LogP contribution in [0.3, 0.4) is 0 Å². The fourth-order valence-corrected chi connectivity index (χ4v) is 1.72. The van der Waals surface area contributed by atoms with E-state index in [0.717, 1.165) is 16.7 Å². The molecule has 0 spiro atoms. The minimum atomic E-state index is -0.0108. The average Bonchev–Trinajstić information content (AvgIpc) is 2.30. The summed E-state index contributed by atoms with van der Waals surface area (Å²) in [6, 6.07) is 9.32. The quantitative estimate of drug-likeness (QED) is 0.843. The summed E-state index contributed by atoms with van der Waals surface area (Å²) < 4.78 is 0. The van der Waals surface area contributed by atoms with Gasteiger partial charge in [-0.3, -0.25) is 4.98 Å². The molecule has 2 rings (SSSR count). The van der Waals surface area contributed by atoms with Gasteiger partial charge in [0.15, 0.2) is 0 Å². The summed E-state index contributed by atoms with van der Waals surface area (Å²) in [6.45, 7) is -0.0108. The number of hydrogen-bond acceptors (Lipinski definition) is 2. The van der Waals surface area contributed by atoms with E-state index in [1.165, 1.54) is 0 Å². The van der Waals surface area contributed by atoms with Gasteiger partial charge in [0.1, 0.15) is 0 Å². The molecule has 2 nitrogen and oxygen atoms in total. The van der Waals surface area contributed by atoms with Gasteiger partial charge in [-0.2, -0.15) is 0 Å². The average molecular weight is 220 g/mol. The van der Waals surface area contributed by atoms with E-state index in [0.29, 0.717) is 5.02 Å². The van der Waals surface area contributed by atoms with Crippen LogP contribution in [-0.4, -0.2) is 10.1 Å². The topological polar surface area (TPSA) is 33.1 Å². The molecule has 0 aliphatic rings. The highest BCUT2D eigenvalue weighted by molar-refractivity contribution is 6.33. The maximum Gasteiger partial charge on any atom is 0.0689 e. The van der Waals surface area contributed by atoms with Gasteiger partial charge in [-0.15, -0.1) is 0 Å². The van der Waals surface area contributed by atoms with E-state index in [1.807, 2.05) is 24.3 Å². The van der Waals surface area contributed by atoms with Crippen molar-refractivity contribution in [3.05, 3.63) is 53.3 Å². The molecular weight excluding hydrogens is 210 g/mol. The van der Waals surface area contributed by atoms with Crippen LogP contribution < -0.4 is 0 Å². The predicted molar refractivity (Wildman–Crippen MR) is 60.6 cm³/mol. The largest absolute Gasteiger partial charge is 0.392 e. The van der Waals surface area contributed by atoms with Gasteiger partial charge in [-0.05, 0) is 17.7 Å². The number of halogens is 1. The van der Waals surface area contributed by atoms with Gasteiger partial charge >= 0.3 is 0 Å². The van der Waals surface area contributed by atoms with Crippen LogP contribution in [0.4, 0.5) is 0 Å². The number of hydrogen-bond donors (Lipinski definition) is 1. The van der Waals surface area contributed by atoms with Crippen LogP contribution in [-0.2, 0) is 6.61 Å². The third kappa shape index (κ3) is 2.01. The third-order valence-corrected chi connectivity index (χ3v) is 2.58. The molecule has 0 saturated heterocycles. The third-order valence-electron chi connectivity index (χ3n) is 2.25. The molecule has 0 bridgehead atoms. The van der Waals surface area contributed by atoms with Gasteiger partial charge < -0.3 is 5.11 Å². The molecule has 0 aliphatic heterocycles. The van der Waals surface area contributed by atoms with Crippen molar-refractivity contribution in [2.45, 2.75) is 6.61 Å². The Kier molecular flexibility index (Phi) is 2.99. The molecule has 0 fully saturated rings. The SMILES string of the molecule is OCc1ccncc1-c1ccccc1Cl. The minimum absolute atomic E-state index is 0.0108. The highest BCUT2D eigenvalue weighted by Crippen LogP contribution is 2.29. The molecule has 0 aliphatic carbocycles. The lowest BCUT2D eigenvalue weighted by atomic mass is 10.0. The fraction of sp³-hybridized carbons (Fsp3) is 0.0833. The van der Waals surface area contributed by atoms with Crippen LogP contribution >= 0.6 is 11.6 Å². The molecule has 1 N–H and O–H groups in total. The molecule has 0 atom stereocenters. The molecule has 0 unspecified atom stereocenters. The smallest absolute Gasteiger partial charge is 0.0689 e. The van der Waals surface area contributed by atoms with Gasteiger partial charge in [-0.1, -0.05) is 29.8 Å². The van der Waals surface area contributed by atoms with Gasteiger partial charge in [-0.25, -0.2) is 0 Å². The summed E-state index contributed by atoms with van der Waals surface area (Å²) in [6.07, 6.45) is 3.37. The maximum atomic E-state index is 9.20. The zero-order valence-corrected chi connectivity index (χ0v) is 8.78. The first-order chi connectivity index (χ1) is 7.33. The van der Waals surface area contributed by atoms with Gasteiger partial charge in [0.05, 0.1) is 6.61 Å². The molecule has 3 heteroatoms. The Bertz CT molecular complexity index is 471. The summed E-state index contributed by atoms with van der Waals surface area (Å²) in [5.74, 6) is 0. The van der Waals surface area contributed by atoms with Crippen LogP contribution in [0.25, 0.3) is 11.1 Å². The number of aromatic nitrogens is 1. The predicted octanol–water partition coefficient (Wildman–Crippen LogP) is 2.89. The first-order valence-corrected chi connectivity index (χ1v) is 4.99. The van der Waals surface area contributed by atoms with E-state index in [-0.39, 0.29) is 6.61 Å². The molecule has 1 heterocycles. The van der Waals surface area contributed by atoms with Crippen molar-refractivity contribution in [2.24, 2.45) is 0 Å². The highest BCUT2D eigenvalue weighted by Gasteiger charge is 2.06. The first-order valence-electron chi connectivity index (χ1n) is 4.61. The summed E-state index contributed by atoms with van der Waals surface area (Å²) in [5.41, 5.74) is 2.61. The second-order valence-corrected chi connectivity index (χ2v) is 3.58. The molecule has 1 aromatic carbocycles. The zero-order valence-electron chi connectivity index (χ0n) is 8.02. The molecule has 0 saturated carbocycles. The Balaban J connectivity index is 2.59. The molecule has 2 aromatic rings. The lowest BCUT2D eigenvalue weighted by molar-refractivity contribution is 0.282. The molecule has 0 amide bonds. The van der Waals surface area contributed by atoms with Crippen LogP contribution in [0.5, 0.6) is 0 Å². The minimum Gasteiger partial charge on any atom is -0.392 e. The summed E-state index contributed by atoms with van der Waals surface area (Å²) in [7, 11) is 0. The second-order valence-electron chi connectivity index (χ2n) is 3.17. The first kappa shape index (κ1) is 10.1. The van der Waals surface area contributed by atoms with Crippen LogP contribution in [0.15, 0.2) is 42.7 Å². The number of aliphatic hydroxyl groups excluding tert-OH is 1. The highest BCUT2D eigenvalue weighted by atomic mass is 35.5. The number of benzene rings is 1. The van der Waals surface area contributed by atoms with Crippen molar-refractivity contribution in [3.8, 4) is 11.1 Å². The van der Waals surface area contributed by atoms with Crippen molar-refractivity contribution in [1.29, 1.82) is 0 Å². The van der Waals surface area contributed by atoms with E-state index >= 15 is 0 Å². The van der Waals surface area contributed by atoms with Crippen molar-refractivity contribution in [1.82, 2.24) is 4.98 Å². The lowest BCUT2D eigenvalue weighted by Gasteiger charge is -2.07. The Hall–Kier alpha value is -1.38. The molecular formula is C12H10ClNO. The summed E-state index contributed by atoms with van der Waals surface area (Å²) in [4.78, 5) is 4.04. The normalized spacial score (nSPS) is 10.3. The van der Waals surface area contributed by atoms with E-state index in [9.17, 15) is 5.11 Å². The Morgan fingerprint density at radius 3 is 2.67 bits per heavy atom. The van der Waals surface area contributed by atoms with Crippen molar-refractivity contribution < 1.29 is 5.11 Å². The molecule has 0 radical (unpaired) electrons. The summed E-state index contributed by atoms with van der Waals surface area (Å²) in [5, 5.41) is 9.87. The molecule has 76 valence electrons. The fourth-order valence-electron chi connectivity index (χ4n) is 1.48. The Labute approximate surface area is 93.2 Å². The number of rotatable bonds is 2. The maximum absolute atomic E-state index is 9.20. The van der Waals surface area contributed by atoms with E-state index < -0.39 is 0 Å². The lowest BCUT2D eigenvalue weighted by Crippen LogP contribution is -1.90. The van der Waals surface area contributed by atoms with Gasteiger partial charge in [0, 0.05) is 28.5 Å². The number of pyridine rings is 1. The van der Waals surface area contributed by atoms with Crippen LogP contribution in [0, 0.1) is 0 Å². The van der Waals surface area contributed by atoms with E-state index in [2.05, 4.69) is 4.98 Å².